The summed E-state index contributed by atoms with van der Waals surface area (Å²) in [5, 5.41) is 4.21. The topological polar surface area (TPSA) is 82.6 Å². The zero-order valence-electron chi connectivity index (χ0n) is 16.7. The van der Waals surface area contributed by atoms with E-state index in [2.05, 4.69) is 22.2 Å². The summed E-state index contributed by atoms with van der Waals surface area (Å²) < 4.78 is 17.4. The fourth-order valence-corrected chi connectivity index (χ4v) is 3.88. The van der Waals surface area contributed by atoms with Crippen LogP contribution in [0.3, 0.4) is 0 Å². The van der Waals surface area contributed by atoms with Crippen LogP contribution in [0.1, 0.15) is 13.3 Å². The summed E-state index contributed by atoms with van der Waals surface area (Å²) in [5.41, 5.74) is 1.56. The molecule has 0 fully saturated rings. The molecule has 0 saturated carbocycles. The van der Waals surface area contributed by atoms with E-state index in [0.717, 1.165) is 39.0 Å². The number of methoxy groups -OCH3 is 1. The minimum absolute atomic E-state index is 0.116. The summed E-state index contributed by atoms with van der Waals surface area (Å²) in [4.78, 5) is 21.4. The van der Waals surface area contributed by atoms with Crippen LogP contribution in [-0.2, 0) is 4.79 Å². The monoisotopic (exact) mass is 423 g/mol. The molecule has 2 aromatic carbocycles. The first-order valence-corrected chi connectivity index (χ1v) is 10.4. The number of rotatable bonds is 8. The molecule has 4 rings (SSSR count). The van der Waals surface area contributed by atoms with Gasteiger partial charge in [0, 0.05) is 17.6 Å². The molecule has 0 spiro atoms. The van der Waals surface area contributed by atoms with E-state index < -0.39 is 0 Å². The Hall–Kier alpha value is -3.39. The second-order valence-electron chi connectivity index (χ2n) is 6.50. The number of fused-ring (bicyclic) bond motifs is 3. The van der Waals surface area contributed by atoms with E-state index in [-0.39, 0.29) is 12.5 Å². The predicted molar refractivity (Wildman–Crippen MR) is 118 cm³/mol. The molecule has 0 aliphatic heterocycles. The average Bonchev–Trinajstić information content (AvgIpc) is 3.18. The van der Waals surface area contributed by atoms with Crippen LogP contribution in [0.4, 0.5) is 5.13 Å². The van der Waals surface area contributed by atoms with Crippen molar-refractivity contribution in [3.63, 3.8) is 0 Å². The first-order valence-electron chi connectivity index (χ1n) is 9.55. The van der Waals surface area contributed by atoms with Crippen molar-refractivity contribution in [1.82, 2.24) is 9.97 Å². The van der Waals surface area contributed by atoms with Crippen molar-refractivity contribution in [2.45, 2.75) is 13.3 Å². The lowest BCUT2D eigenvalue weighted by Crippen LogP contribution is -2.19. The number of benzene rings is 2. The molecule has 2 heterocycles. The summed E-state index contributed by atoms with van der Waals surface area (Å²) >= 11 is 1.39. The summed E-state index contributed by atoms with van der Waals surface area (Å²) in [5.74, 6) is 1.76. The summed E-state index contributed by atoms with van der Waals surface area (Å²) in [6, 6.07) is 12.8. The molecule has 7 nitrogen and oxygen atoms in total. The molecule has 30 heavy (non-hydrogen) atoms. The maximum Gasteiger partial charge on any atom is 0.264 e. The molecule has 2 aromatic heterocycles. The van der Waals surface area contributed by atoms with Crippen molar-refractivity contribution in [3.8, 4) is 17.2 Å². The molecule has 154 valence electrons. The van der Waals surface area contributed by atoms with E-state index in [1.165, 1.54) is 11.3 Å². The third kappa shape index (κ3) is 4.28. The van der Waals surface area contributed by atoms with E-state index in [1.54, 1.807) is 37.6 Å². The molecule has 1 N–H and O–H groups in total. The lowest BCUT2D eigenvalue weighted by atomic mass is 10.2. The van der Waals surface area contributed by atoms with Gasteiger partial charge in [0.15, 0.2) is 11.7 Å². The van der Waals surface area contributed by atoms with Gasteiger partial charge in [-0.1, -0.05) is 18.3 Å². The smallest absolute Gasteiger partial charge is 0.264 e. The summed E-state index contributed by atoms with van der Waals surface area (Å²) in [6.07, 6.45) is 2.64. The number of ether oxygens (including phenoxy) is 3. The highest BCUT2D eigenvalue weighted by Crippen LogP contribution is 2.36. The van der Waals surface area contributed by atoms with Gasteiger partial charge in [-0.05, 0) is 42.8 Å². The number of pyridine rings is 1. The minimum atomic E-state index is -0.283. The van der Waals surface area contributed by atoms with Crippen LogP contribution in [0, 0.1) is 0 Å². The van der Waals surface area contributed by atoms with Gasteiger partial charge >= 0.3 is 0 Å². The van der Waals surface area contributed by atoms with E-state index >= 15 is 0 Å². The third-order valence-electron chi connectivity index (χ3n) is 4.35. The quantitative estimate of drug-likeness (QED) is 0.444. The number of anilines is 1. The molecule has 8 heteroatoms. The Balaban J connectivity index is 1.51. The van der Waals surface area contributed by atoms with Crippen LogP contribution >= 0.6 is 11.3 Å². The maximum absolute atomic E-state index is 12.3. The van der Waals surface area contributed by atoms with Crippen molar-refractivity contribution >= 4 is 43.5 Å². The first-order chi connectivity index (χ1) is 14.7. The standard InChI is InChI=1S/C22H21N3O4S/c1-3-11-28-17-12-18-21(16-5-4-10-23-20(16)17)25-22(30-18)24-19(26)13-29-15-8-6-14(27-2)7-9-15/h4-10,12H,3,11,13H2,1-2H3,(H,24,25,26). The number of carbonyl (C=O) groups excluding carboxylic acids is 1. The summed E-state index contributed by atoms with van der Waals surface area (Å²) in [6.45, 7) is 2.56. The maximum atomic E-state index is 12.3. The number of aromatic nitrogens is 2. The molecule has 0 atom stereocenters. The number of hydrogen-bond donors (Lipinski definition) is 1. The van der Waals surface area contributed by atoms with Gasteiger partial charge in [-0.3, -0.25) is 15.1 Å². The largest absolute Gasteiger partial charge is 0.497 e. The highest BCUT2D eigenvalue weighted by Gasteiger charge is 2.15. The number of carbonyl (C=O) groups is 1. The van der Waals surface area contributed by atoms with Gasteiger partial charge in [-0.15, -0.1) is 0 Å². The fourth-order valence-electron chi connectivity index (χ4n) is 2.95. The molecule has 0 aliphatic rings. The molecule has 0 radical (unpaired) electrons. The molecule has 0 unspecified atom stereocenters. The minimum Gasteiger partial charge on any atom is -0.497 e. The van der Waals surface area contributed by atoms with Crippen molar-refractivity contribution in [1.29, 1.82) is 0 Å². The average molecular weight is 423 g/mol. The highest BCUT2D eigenvalue weighted by molar-refractivity contribution is 7.22. The van der Waals surface area contributed by atoms with Crippen LogP contribution in [-0.4, -0.2) is 36.2 Å². The highest BCUT2D eigenvalue weighted by atomic mass is 32.1. The van der Waals surface area contributed by atoms with E-state index in [9.17, 15) is 4.79 Å². The van der Waals surface area contributed by atoms with Gasteiger partial charge in [-0.25, -0.2) is 4.98 Å². The van der Waals surface area contributed by atoms with Crippen LogP contribution < -0.4 is 19.5 Å². The third-order valence-corrected chi connectivity index (χ3v) is 5.27. The number of amides is 1. The Kier molecular flexibility index (Phi) is 5.94. The zero-order chi connectivity index (χ0) is 20.9. The Labute approximate surface area is 177 Å². The van der Waals surface area contributed by atoms with E-state index in [1.807, 2.05) is 18.2 Å². The lowest BCUT2D eigenvalue weighted by Gasteiger charge is -2.07. The Bertz CT molecular complexity index is 1170. The molecule has 0 saturated heterocycles. The van der Waals surface area contributed by atoms with Crippen molar-refractivity contribution in [2.75, 3.05) is 25.6 Å². The normalized spacial score (nSPS) is 10.9. The molecule has 4 aromatic rings. The second kappa shape index (κ2) is 8.96. The molecular formula is C22H21N3O4S. The van der Waals surface area contributed by atoms with Gasteiger partial charge in [-0.2, -0.15) is 0 Å². The number of nitrogens with zero attached hydrogens (tertiary/aromatic N) is 2. The van der Waals surface area contributed by atoms with Gasteiger partial charge in [0.2, 0.25) is 0 Å². The molecule has 1 amide bonds. The van der Waals surface area contributed by atoms with Crippen LogP contribution in [0.2, 0.25) is 0 Å². The first kappa shape index (κ1) is 19.9. The number of thiazole rings is 1. The number of nitrogens with one attached hydrogen (secondary N) is 1. The molecular weight excluding hydrogens is 402 g/mol. The number of hydrogen-bond acceptors (Lipinski definition) is 7. The Morgan fingerprint density at radius 1 is 1.10 bits per heavy atom. The predicted octanol–water partition coefficient (Wildman–Crippen LogP) is 4.66. The van der Waals surface area contributed by atoms with Crippen LogP contribution in [0.5, 0.6) is 17.2 Å². The second-order valence-corrected chi connectivity index (χ2v) is 7.53. The van der Waals surface area contributed by atoms with Crippen molar-refractivity contribution in [3.05, 3.63) is 48.7 Å². The molecule has 0 bridgehead atoms. The summed E-state index contributed by atoms with van der Waals surface area (Å²) in [7, 11) is 1.60. The van der Waals surface area contributed by atoms with Gasteiger partial charge in [0.05, 0.1) is 23.9 Å². The lowest BCUT2D eigenvalue weighted by molar-refractivity contribution is -0.118. The van der Waals surface area contributed by atoms with Crippen molar-refractivity contribution < 1.29 is 19.0 Å². The fraction of sp³-hybridized carbons (Fsp3) is 0.227. The SMILES string of the molecule is CCCOc1cc2sc(NC(=O)COc3ccc(OC)cc3)nc2c2cccnc12. The Morgan fingerprint density at radius 2 is 1.90 bits per heavy atom. The van der Waals surface area contributed by atoms with Gasteiger partial charge < -0.3 is 14.2 Å². The van der Waals surface area contributed by atoms with E-state index in [4.69, 9.17) is 14.2 Å². The van der Waals surface area contributed by atoms with Crippen LogP contribution in [0.15, 0.2) is 48.7 Å². The van der Waals surface area contributed by atoms with Crippen molar-refractivity contribution in [2.24, 2.45) is 0 Å². The Morgan fingerprint density at radius 3 is 2.67 bits per heavy atom. The zero-order valence-corrected chi connectivity index (χ0v) is 17.5. The van der Waals surface area contributed by atoms with Crippen LogP contribution in [0.25, 0.3) is 21.1 Å². The van der Waals surface area contributed by atoms with E-state index in [0.29, 0.717) is 17.5 Å². The van der Waals surface area contributed by atoms with Gasteiger partial charge in [0.1, 0.15) is 22.8 Å². The van der Waals surface area contributed by atoms with Gasteiger partial charge in [0.25, 0.3) is 5.91 Å². The molecule has 0 aliphatic carbocycles.